The largest absolute Gasteiger partial charge is 0.326 e. The third-order valence-corrected chi connectivity index (χ3v) is 6.48. The van der Waals surface area contributed by atoms with E-state index in [4.69, 9.17) is 0 Å². The summed E-state index contributed by atoms with van der Waals surface area (Å²) in [6, 6.07) is 7.47. The first-order valence-corrected chi connectivity index (χ1v) is 10.0. The van der Waals surface area contributed by atoms with Gasteiger partial charge in [0.1, 0.15) is 0 Å². The summed E-state index contributed by atoms with van der Waals surface area (Å²) in [6.07, 6.45) is 3.67. The molecule has 3 amide bonds. The lowest BCUT2D eigenvalue weighted by Crippen LogP contribution is -2.51. The van der Waals surface area contributed by atoms with Gasteiger partial charge < -0.3 is 5.32 Å². The second kappa shape index (κ2) is 7.19. The van der Waals surface area contributed by atoms with Crippen molar-refractivity contribution < 1.29 is 14.4 Å². The highest BCUT2D eigenvalue weighted by atomic mass is 16.2. The minimum atomic E-state index is -0.677. The smallest absolute Gasteiger partial charge is 0.237 e. The van der Waals surface area contributed by atoms with E-state index in [0.717, 1.165) is 11.3 Å². The number of carbonyl (C=O) groups is 3. The van der Waals surface area contributed by atoms with Crippen LogP contribution in [-0.2, 0) is 19.8 Å². The Hall–Kier alpha value is -2.43. The molecule has 1 aliphatic carbocycles. The molecule has 2 N–H and O–H groups in total. The molecule has 150 valence electrons. The van der Waals surface area contributed by atoms with E-state index in [1.807, 2.05) is 31.2 Å². The number of nitrogens with one attached hydrogen (secondary N) is 2. The molecule has 1 aromatic rings. The van der Waals surface area contributed by atoms with Crippen molar-refractivity contribution in [1.29, 1.82) is 0 Å². The van der Waals surface area contributed by atoms with Crippen LogP contribution in [0.25, 0.3) is 0 Å². The number of amides is 3. The molecule has 1 saturated heterocycles. The molecule has 0 radical (unpaired) electrons. The van der Waals surface area contributed by atoms with Gasteiger partial charge in [-0.2, -0.15) is 0 Å². The highest BCUT2D eigenvalue weighted by molar-refractivity contribution is 6.03. The molecule has 0 spiro atoms. The first kappa shape index (κ1) is 20.3. The minimum Gasteiger partial charge on any atom is -0.326 e. The number of carbonyl (C=O) groups excluding carboxylic acids is 3. The van der Waals surface area contributed by atoms with Crippen LogP contribution in [0.1, 0.15) is 59.4 Å². The minimum absolute atomic E-state index is 0.0275. The monoisotopic (exact) mass is 382 g/mol. The molecule has 3 rings (SSSR count). The number of imide groups is 1. The average molecular weight is 383 g/mol. The van der Waals surface area contributed by atoms with Crippen LogP contribution in [0.2, 0.25) is 0 Å². The molecule has 1 aliphatic heterocycles. The summed E-state index contributed by atoms with van der Waals surface area (Å²) < 4.78 is 0. The maximum absolute atomic E-state index is 12.7. The molecule has 1 aromatic carbocycles. The molecule has 2 fully saturated rings. The standard InChI is InChI=1S/C23H30N2O3/c1-6-23(12-11-18(26)25-21(23)28)15-7-9-16(10-8-15)24-20(27)19-17(13-14(2)3)22(19,4)5/h7-10,13,17,19H,6,11-12H2,1-5H3,(H,24,27)(H,25,26,28). The molecule has 28 heavy (non-hydrogen) atoms. The van der Waals surface area contributed by atoms with Gasteiger partial charge in [0.05, 0.1) is 11.3 Å². The number of hydrogen-bond donors (Lipinski definition) is 2. The van der Waals surface area contributed by atoms with Crippen LogP contribution in [0.15, 0.2) is 35.9 Å². The van der Waals surface area contributed by atoms with Crippen LogP contribution in [0.5, 0.6) is 0 Å². The maximum Gasteiger partial charge on any atom is 0.237 e. The maximum atomic E-state index is 12.7. The number of rotatable bonds is 5. The number of benzene rings is 1. The molecular formula is C23H30N2O3. The molecule has 5 heteroatoms. The summed E-state index contributed by atoms with van der Waals surface area (Å²) in [7, 11) is 0. The van der Waals surface area contributed by atoms with Gasteiger partial charge >= 0.3 is 0 Å². The third kappa shape index (κ3) is 3.50. The van der Waals surface area contributed by atoms with E-state index >= 15 is 0 Å². The van der Waals surface area contributed by atoms with Crippen LogP contribution in [0, 0.1) is 17.3 Å². The van der Waals surface area contributed by atoms with Crippen LogP contribution in [0.4, 0.5) is 5.69 Å². The number of hydrogen-bond acceptors (Lipinski definition) is 3. The van der Waals surface area contributed by atoms with Crippen molar-refractivity contribution in [1.82, 2.24) is 5.32 Å². The lowest BCUT2D eigenvalue weighted by atomic mass is 9.72. The van der Waals surface area contributed by atoms with E-state index < -0.39 is 5.41 Å². The van der Waals surface area contributed by atoms with Crippen LogP contribution < -0.4 is 10.6 Å². The molecule has 3 unspecified atom stereocenters. The zero-order valence-corrected chi connectivity index (χ0v) is 17.4. The van der Waals surface area contributed by atoms with Crippen molar-refractivity contribution in [3.8, 4) is 0 Å². The lowest BCUT2D eigenvalue weighted by molar-refractivity contribution is -0.138. The van der Waals surface area contributed by atoms with Crippen LogP contribution >= 0.6 is 0 Å². The second-order valence-corrected chi connectivity index (χ2v) is 8.95. The fourth-order valence-corrected chi connectivity index (χ4v) is 4.51. The van der Waals surface area contributed by atoms with Crippen LogP contribution in [-0.4, -0.2) is 17.7 Å². The predicted molar refractivity (Wildman–Crippen MR) is 110 cm³/mol. The first-order chi connectivity index (χ1) is 13.1. The summed E-state index contributed by atoms with van der Waals surface area (Å²) in [4.78, 5) is 36.8. The normalized spacial score (nSPS) is 28.3. The van der Waals surface area contributed by atoms with Gasteiger partial charge in [-0.25, -0.2) is 0 Å². The van der Waals surface area contributed by atoms with Gasteiger partial charge in [-0.15, -0.1) is 0 Å². The van der Waals surface area contributed by atoms with Crippen molar-refractivity contribution in [2.45, 2.75) is 59.3 Å². The van der Waals surface area contributed by atoms with Crippen molar-refractivity contribution >= 4 is 23.4 Å². The number of allylic oxidation sites excluding steroid dienone is 2. The number of piperidine rings is 1. The lowest BCUT2D eigenvalue weighted by Gasteiger charge is -2.35. The van der Waals surface area contributed by atoms with E-state index in [1.165, 1.54) is 5.57 Å². The zero-order chi connectivity index (χ0) is 20.7. The van der Waals surface area contributed by atoms with Crippen LogP contribution in [0.3, 0.4) is 0 Å². The second-order valence-electron chi connectivity index (χ2n) is 8.95. The Kier molecular flexibility index (Phi) is 5.22. The Bertz CT molecular complexity index is 834. The van der Waals surface area contributed by atoms with E-state index in [9.17, 15) is 14.4 Å². The summed E-state index contributed by atoms with van der Waals surface area (Å²) in [5.41, 5.74) is 2.13. The summed E-state index contributed by atoms with van der Waals surface area (Å²) >= 11 is 0. The van der Waals surface area contributed by atoms with Crippen molar-refractivity contribution in [2.75, 3.05) is 5.32 Å². The summed E-state index contributed by atoms with van der Waals surface area (Å²) in [5, 5.41) is 5.48. The molecule has 3 atom stereocenters. The van der Waals surface area contributed by atoms with Crippen molar-refractivity contribution in [2.24, 2.45) is 17.3 Å². The van der Waals surface area contributed by atoms with Gasteiger partial charge in [-0.05, 0) is 55.7 Å². The van der Waals surface area contributed by atoms with Gasteiger partial charge in [0.25, 0.3) is 0 Å². The molecule has 0 aromatic heterocycles. The molecule has 2 aliphatic rings. The summed E-state index contributed by atoms with van der Waals surface area (Å²) in [5.74, 6) is -0.169. The van der Waals surface area contributed by atoms with Gasteiger partial charge in [0, 0.05) is 12.1 Å². The van der Waals surface area contributed by atoms with Crippen molar-refractivity contribution in [3.63, 3.8) is 0 Å². The average Bonchev–Trinajstić information content (AvgIpc) is 3.16. The molecule has 5 nitrogen and oxygen atoms in total. The van der Waals surface area contributed by atoms with E-state index in [1.54, 1.807) is 0 Å². The quantitative estimate of drug-likeness (QED) is 0.598. The molecule has 0 bridgehead atoms. The Labute approximate surface area is 167 Å². The Morgan fingerprint density at radius 2 is 1.86 bits per heavy atom. The highest BCUT2D eigenvalue weighted by Gasteiger charge is 2.60. The predicted octanol–water partition coefficient (Wildman–Crippen LogP) is 3.95. The zero-order valence-electron chi connectivity index (χ0n) is 17.4. The van der Waals surface area contributed by atoms with Gasteiger partial charge in [0.2, 0.25) is 17.7 Å². The fraction of sp³-hybridized carbons (Fsp3) is 0.522. The topological polar surface area (TPSA) is 75.3 Å². The first-order valence-electron chi connectivity index (χ1n) is 10.0. The van der Waals surface area contributed by atoms with E-state index in [0.29, 0.717) is 19.3 Å². The van der Waals surface area contributed by atoms with Gasteiger partial charge in [0.15, 0.2) is 0 Å². The van der Waals surface area contributed by atoms with Gasteiger partial charge in [-0.1, -0.05) is 44.6 Å². The molecule has 1 heterocycles. The molecule has 1 saturated carbocycles. The fourth-order valence-electron chi connectivity index (χ4n) is 4.51. The summed E-state index contributed by atoms with van der Waals surface area (Å²) in [6.45, 7) is 10.3. The Morgan fingerprint density at radius 3 is 2.39 bits per heavy atom. The number of anilines is 1. The Balaban J connectivity index is 1.73. The SMILES string of the molecule is CCC1(c2ccc(NC(=O)C3C(C=C(C)C)C3(C)C)cc2)CCC(=O)NC1=O. The third-order valence-electron chi connectivity index (χ3n) is 6.48. The molecular weight excluding hydrogens is 352 g/mol. The van der Waals surface area contributed by atoms with E-state index in [2.05, 4.69) is 44.4 Å². The van der Waals surface area contributed by atoms with E-state index in [-0.39, 0.29) is 35.0 Å². The van der Waals surface area contributed by atoms with Gasteiger partial charge in [-0.3, -0.25) is 19.7 Å². The highest BCUT2D eigenvalue weighted by Crippen LogP contribution is 2.59. The Morgan fingerprint density at radius 1 is 1.21 bits per heavy atom. The van der Waals surface area contributed by atoms with Crippen molar-refractivity contribution in [3.05, 3.63) is 41.5 Å².